The number of halogens is 1. The summed E-state index contributed by atoms with van der Waals surface area (Å²) in [6.07, 6.45) is 3.87. The topological polar surface area (TPSA) is 114 Å². The fourth-order valence-corrected chi connectivity index (χ4v) is 4.14. The Kier molecular flexibility index (Phi) is 7.66. The maximum absolute atomic E-state index is 12.9. The molecule has 36 heavy (non-hydrogen) atoms. The lowest BCUT2D eigenvalue weighted by atomic mass is 10.1. The summed E-state index contributed by atoms with van der Waals surface area (Å²) in [5, 5.41) is 15.5. The number of benzene rings is 2. The van der Waals surface area contributed by atoms with Crippen molar-refractivity contribution in [3.63, 3.8) is 0 Å². The normalized spacial score (nSPS) is 12.8. The summed E-state index contributed by atoms with van der Waals surface area (Å²) >= 11 is 6.37. The van der Waals surface area contributed by atoms with Gasteiger partial charge in [0.05, 0.1) is 29.9 Å². The Morgan fingerprint density at radius 3 is 2.83 bits per heavy atom. The Morgan fingerprint density at radius 1 is 1.22 bits per heavy atom. The van der Waals surface area contributed by atoms with Crippen molar-refractivity contribution in [2.75, 3.05) is 36.2 Å². The third kappa shape index (κ3) is 5.56. The third-order valence-electron chi connectivity index (χ3n) is 5.97. The molecular weight excluding hydrogens is 478 g/mol. The van der Waals surface area contributed by atoms with Crippen LogP contribution in [0.4, 0.5) is 28.8 Å². The molecule has 1 aliphatic rings. The zero-order valence-electron chi connectivity index (χ0n) is 20.1. The molecule has 2 heterocycles. The number of anilines is 5. The molecule has 0 bridgehead atoms. The number of hydrogen-bond donors (Lipinski definition) is 2. The third-order valence-corrected chi connectivity index (χ3v) is 6.24. The highest BCUT2D eigenvalue weighted by molar-refractivity contribution is 6.33. The zero-order chi connectivity index (χ0) is 25.7. The van der Waals surface area contributed by atoms with Crippen molar-refractivity contribution in [1.29, 1.82) is 5.26 Å². The largest absolute Gasteiger partial charge is 0.341 e. The van der Waals surface area contributed by atoms with E-state index in [2.05, 4.69) is 20.6 Å². The van der Waals surface area contributed by atoms with E-state index >= 15 is 0 Å². The highest BCUT2D eigenvalue weighted by atomic mass is 35.5. The molecule has 0 aliphatic carbocycles. The van der Waals surface area contributed by atoms with E-state index < -0.39 is 0 Å². The Labute approximate surface area is 214 Å². The van der Waals surface area contributed by atoms with Gasteiger partial charge in [-0.2, -0.15) is 10.2 Å². The van der Waals surface area contributed by atoms with Crippen LogP contribution in [0.3, 0.4) is 0 Å². The monoisotopic (exact) mass is 503 g/mol. The number of fused-ring (bicyclic) bond motifs is 1. The number of nitriles is 1. The van der Waals surface area contributed by atoms with E-state index in [1.807, 2.05) is 24.3 Å². The molecule has 10 heteroatoms. The van der Waals surface area contributed by atoms with Gasteiger partial charge in [0.25, 0.3) is 5.91 Å². The lowest BCUT2D eigenvalue weighted by molar-refractivity contribution is -0.118. The van der Waals surface area contributed by atoms with Crippen LogP contribution in [0.15, 0.2) is 48.7 Å². The van der Waals surface area contributed by atoms with Crippen molar-refractivity contribution in [3.05, 3.63) is 64.8 Å². The summed E-state index contributed by atoms with van der Waals surface area (Å²) in [6, 6.07) is 14.9. The molecule has 1 aliphatic heterocycles. The van der Waals surface area contributed by atoms with Gasteiger partial charge in [-0.25, -0.2) is 4.98 Å². The van der Waals surface area contributed by atoms with Crippen LogP contribution in [-0.4, -0.2) is 47.3 Å². The minimum absolute atomic E-state index is 0.112. The van der Waals surface area contributed by atoms with Gasteiger partial charge < -0.3 is 20.4 Å². The minimum atomic E-state index is -0.217. The molecule has 4 rings (SSSR count). The molecule has 0 atom stereocenters. The van der Waals surface area contributed by atoms with Crippen molar-refractivity contribution in [1.82, 2.24) is 14.9 Å². The first-order valence-electron chi connectivity index (χ1n) is 11.5. The van der Waals surface area contributed by atoms with Gasteiger partial charge in [0.15, 0.2) is 5.82 Å². The number of nitrogens with one attached hydrogen (secondary N) is 2. The predicted molar refractivity (Wildman–Crippen MR) is 140 cm³/mol. The molecule has 0 saturated heterocycles. The van der Waals surface area contributed by atoms with Crippen molar-refractivity contribution < 1.29 is 9.59 Å². The lowest BCUT2D eigenvalue weighted by Crippen LogP contribution is -2.28. The van der Waals surface area contributed by atoms with E-state index in [0.717, 1.165) is 29.8 Å². The first-order valence-corrected chi connectivity index (χ1v) is 11.9. The molecule has 2 N–H and O–H groups in total. The number of carbonyl (C=O) groups is 2. The first kappa shape index (κ1) is 24.9. The van der Waals surface area contributed by atoms with Gasteiger partial charge >= 0.3 is 0 Å². The van der Waals surface area contributed by atoms with E-state index in [-0.39, 0.29) is 18.2 Å². The zero-order valence-corrected chi connectivity index (χ0v) is 20.8. The molecule has 9 nitrogen and oxygen atoms in total. The van der Waals surface area contributed by atoms with Crippen LogP contribution in [0.2, 0.25) is 5.02 Å². The maximum Gasteiger partial charge on any atom is 0.255 e. The summed E-state index contributed by atoms with van der Waals surface area (Å²) in [5.41, 5.74) is 3.75. The number of aryl methyl sites for hydroxylation is 1. The lowest BCUT2D eigenvalue weighted by Gasteiger charge is -2.19. The summed E-state index contributed by atoms with van der Waals surface area (Å²) < 4.78 is 0. The number of amides is 2. The number of aromatic nitrogens is 2. The van der Waals surface area contributed by atoms with Gasteiger partial charge in [0.1, 0.15) is 5.02 Å². The average molecular weight is 504 g/mol. The standard InChI is InChI=1S/C26H26ClN7O2/c1-33(14-6-13-28)25(36)19-8-3-4-9-21(19)31-24-20(27)16-29-26(32-24)30-18-11-12-22-17(15-18)7-5-10-23(35)34(22)2/h3-4,8-9,11-12,15-16H,5-7,10,14H2,1-2H3,(H2,29,30,31,32). The highest BCUT2D eigenvalue weighted by Gasteiger charge is 2.20. The number of rotatable bonds is 7. The number of para-hydroxylation sites is 1. The van der Waals surface area contributed by atoms with Gasteiger partial charge in [-0.3, -0.25) is 9.59 Å². The van der Waals surface area contributed by atoms with E-state index in [1.165, 1.54) is 11.1 Å². The average Bonchev–Trinajstić information content (AvgIpc) is 3.02. The second kappa shape index (κ2) is 11.1. The fraction of sp³-hybridized carbons (Fsp3) is 0.269. The molecule has 1 aromatic heterocycles. The van der Waals surface area contributed by atoms with Gasteiger partial charge in [-0.15, -0.1) is 0 Å². The van der Waals surface area contributed by atoms with Crippen molar-refractivity contribution in [2.45, 2.75) is 25.7 Å². The van der Waals surface area contributed by atoms with Crippen LogP contribution < -0.4 is 15.5 Å². The Morgan fingerprint density at radius 2 is 2.03 bits per heavy atom. The Balaban J connectivity index is 1.56. The quantitative estimate of drug-likeness (QED) is 0.471. The van der Waals surface area contributed by atoms with Crippen molar-refractivity contribution in [2.24, 2.45) is 0 Å². The van der Waals surface area contributed by atoms with Crippen molar-refractivity contribution in [3.8, 4) is 6.07 Å². The second-order valence-electron chi connectivity index (χ2n) is 8.47. The van der Waals surface area contributed by atoms with Gasteiger partial charge in [-0.05, 0) is 48.7 Å². The molecule has 184 valence electrons. The van der Waals surface area contributed by atoms with Crippen LogP contribution in [0.25, 0.3) is 0 Å². The molecule has 3 aromatic rings. The van der Waals surface area contributed by atoms with Crippen LogP contribution in [0, 0.1) is 11.3 Å². The number of hydrogen-bond acceptors (Lipinski definition) is 7. The van der Waals surface area contributed by atoms with E-state index in [0.29, 0.717) is 41.0 Å². The van der Waals surface area contributed by atoms with Crippen LogP contribution in [0.5, 0.6) is 0 Å². The molecule has 0 radical (unpaired) electrons. The minimum Gasteiger partial charge on any atom is -0.341 e. The molecule has 0 fully saturated rings. The molecule has 0 saturated carbocycles. The summed E-state index contributed by atoms with van der Waals surface area (Å²) in [5.74, 6) is 0.565. The SMILES string of the molecule is CN(CCC#N)C(=O)c1ccccc1Nc1nc(Nc2ccc3c(c2)CCCC(=O)N3C)ncc1Cl. The van der Waals surface area contributed by atoms with Crippen LogP contribution in [-0.2, 0) is 11.2 Å². The first-order chi connectivity index (χ1) is 17.4. The Bertz CT molecular complexity index is 1340. The van der Waals surface area contributed by atoms with E-state index in [1.54, 1.807) is 43.3 Å². The summed E-state index contributed by atoms with van der Waals surface area (Å²) in [6.45, 7) is 0.330. The molecule has 2 aromatic carbocycles. The van der Waals surface area contributed by atoms with Gasteiger partial charge in [-0.1, -0.05) is 23.7 Å². The number of carbonyl (C=O) groups excluding carboxylic acids is 2. The van der Waals surface area contributed by atoms with Crippen LogP contribution >= 0.6 is 11.6 Å². The van der Waals surface area contributed by atoms with Crippen molar-refractivity contribution >= 4 is 52.2 Å². The summed E-state index contributed by atoms with van der Waals surface area (Å²) in [7, 11) is 3.45. The molecular formula is C26H26ClN7O2. The van der Waals surface area contributed by atoms with E-state index in [9.17, 15) is 9.59 Å². The maximum atomic E-state index is 12.9. The van der Waals surface area contributed by atoms with Gasteiger partial charge in [0.2, 0.25) is 11.9 Å². The molecule has 0 spiro atoms. The fourth-order valence-electron chi connectivity index (χ4n) is 4.00. The van der Waals surface area contributed by atoms with Crippen LogP contribution in [0.1, 0.15) is 35.2 Å². The predicted octanol–water partition coefficient (Wildman–Crippen LogP) is 4.90. The second-order valence-corrected chi connectivity index (χ2v) is 8.88. The summed E-state index contributed by atoms with van der Waals surface area (Å²) in [4.78, 5) is 37.1. The molecule has 2 amide bonds. The highest BCUT2D eigenvalue weighted by Crippen LogP contribution is 2.31. The Hall–Kier alpha value is -4.16. The van der Waals surface area contributed by atoms with E-state index in [4.69, 9.17) is 16.9 Å². The molecule has 0 unspecified atom stereocenters. The van der Waals surface area contributed by atoms with Gasteiger partial charge in [0, 0.05) is 38.4 Å². The smallest absolute Gasteiger partial charge is 0.255 e. The number of nitrogens with zero attached hydrogens (tertiary/aromatic N) is 5.